The van der Waals surface area contributed by atoms with Crippen LogP contribution in [-0.2, 0) is 6.54 Å². The van der Waals surface area contributed by atoms with Crippen molar-refractivity contribution in [2.75, 3.05) is 13.1 Å². The third kappa shape index (κ3) is 3.36. The van der Waals surface area contributed by atoms with Crippen molar-refractivity contribution in [1.82, 2.24) is 24.6 Å². The molecule has 0 amide bonds. The van der Waals surface area contributed by atoms with E-state index >= 15 is 0 Å². The van der Waals surface area contributed by atoms with Gasteiger partial charge in [-0.1, -0.05) is 42.5 Å². The average molecular weight is 385 g/mol. The summed E-state index contributed by atoms with van der Waals surface area (Å²) < 4.78 is 3.36. The minimum atomic E-state index is -0.107. The van der Waals surface area contributed by atoms with Crippen molar-refractivity contribution in [2.45, 2.75) is 25.3 Å². The third-order valence-electron chi connectivity index (χ3n) is 5.58. The molecule has 1 saturated heterocycles. The van der Waals surface area contributed by atoms with Crippen molar-refractivity contribution >= 4 is 10.9 Å². The van der Waals surface area contributed by atoms with E-state index in [0.29, 0.717) is 6.54 Å². The Kier molecular flexibility index (Phi) is 4.69. The normalized spacial score (nSPS) is 16.9. The Morgan fingerprint density at radius 3 is 2.72 bits per heavy atom. The molecule has 6 heteroatoms. The molecule has 2 aromatic heterocycles. The molecule has 29 heavy (non-hydrogen) atoms. The molecule has 1 fully saturated rings. The number of benzene rings is 2. The lowest BCUT2D eigenvalue weighted by Gasteiger charge is -2.22. The van der Waals surface area contributed by atoms with Crippen molar-refractivity contribution < 1.29 is 0 Å². The van der Waals surface area contributed by atoms with Gasteiger partial charge in [-0.05, 0) is 37.6 Å². The molecule has 5 rings (SSSR count). The fourth-order valence-electron chi connectivity index (χ4n) is 4.14. The highest BCUT2D eigenvalue weighted by atomic mass is 16.2. The topological polar surface area (TPSA) is 64.7 Å². The Balaban J connectivity index is 1.62. The molecule has 0 saturated carbocycles. The molecule has 1 aliphatic heterocycles. The molecular weight excluding hydrogens is 362 g/mol. The number of piperidine rings is 1. The first kappa shape index (κ1) is 17.8. The SMILES string of the molecule is O=c1n(Cc2cccc3cccnc23)nc([C@@H]2CCCNC2)n1-c1ccccc1. The van der Waals surface area contributed by atoms with Crippen LogP contribution in [0.5, 0.6) is 0 Å². The van der Waals surface area contributed by atoms with Crippen LogP contribution in [0.25, 0.3) is 16.6 Å². The van der Waals surface area contributed by atoms with E-state index in [0.717, 1.165) is 53.9 Å². The van der Waals surface area contributed by atoms with Crippen molar-refractivity contribution in [3.63, 3.8) is 0 Å². The Morgan fingerprint density at radius 2 is 1.90 bits per heavy atom. The molecule has 4 aromatic rings. The van der Waals surface area contributed by atoms with Crippen LogP contribution < -0.4 is 11.0 Å². The van der Waals surface area contributed by atoms with E-state index in [9.17, 15) is 4.79 Å². The lowest BCUT2D eigenvalue weighted by atomic mass is 9.99. The van der Waals surface area contributed by atoms with Gasteiger partial charge in [0.05, 0.1) is 17.7 Å². The van der Waals surface area contributed by atoms with Crippen LogP contribution in [0.1, 0.15) is 30.1 Å². The highest BCUT2D eigenvalue weighted by Gasteiger charge is 2.25. The number of rotatable bonds is 4. The largest absolute Gasteiger partial charge is 0.350 e. The number of hydrogen-bond donors (Lipinski definition) is 1. The Hall–Kier alpha value is -3.25. The second kappa shape index (κ2) is 7.64. The predicted molar refractivity (Wildman–Crippen MR) is 114 cm³/mol. The van der Waals surface area contributed by atoms with Gasteiger partial charge in [-0.15, -0.1) is 0 Å². The van der Waals surface area contributed by atoms with Gasteiger partial charge in [0.2, 0.25) is 0 Å². The number of hydrogen-bond acceptors (Lipinski definition) is 4. The minimum Gasteiger partial charge on any atom is -0.316 e. The highest BCUT2D eigenvalue weighted by molar-refractivity contribution is 5.81. The Bertz CT molecular complexity index is 1180. The maximum absolute atomic E-state index is 13.4. The first-order valence-electron chi connectivity index (χ1n) is 10.1. The van der Waals surface area contributed by atoms with Gasteiger partial charge in [0.25, 0.3) is 0 Å². The van der Waals surface area contributed by atoms with Crippen LogP contribution in [0.3, 0.4) is 0 Å². The highest BCUT2D eigenvalue weighted by Crippen LogP contribution is 2.23. The van der Waals surface area contributed by atoms with E-state index in [1.54, 1.807) is 15.4 Å². The van der Waals surface area contributed by atoms with E-state index in [4.69, 9.17) is 5.10 Å². The van der Waals surface area contributed by atoms with Crippen LogP contribution in [0.2, 0.25) is 0 Å². The molecule has 0 radical (unpaired) electrons. The van der Waals surface area contributed by atoms with Crippen molar-refractivity contribution in [1.29, 1.82) is 0 Å². The van der Waals surface area contributed by atoms with Crippen LogP contribution in [0.15, 0.2) is 71.7 Å². The van der Waals surface area contributed by atoms with Crippen molar-refractivity contribution in [3.05, 3.63) is 88.7 Å². The van der Waals surface area contributed by atoms with Gasteiger partial charge < -0.3 is 5.32 Å². The molecule has 0 spiro atoms. The maximum Gasteiger partial charge on any atom is 0.350 e. The molecule has 146 valence electrons. The summed E-state index contributed by atoms with van der Waals surface area (Å²) in [5, 5.41) is 9.32. The number of para-hydroxylation sites is 2. The molecule has 6 nitrogen and oxygen atoms in total. The van der Waals surface area contributed by atoms with Gasteiger partial charge in [0.1, 0.15) is 5.82 Å². The summed E-state index contributed by atoms with van der Waals surface area (Å²) in [6.45, 7) is 2.27. The first-order chi connectivity index (χ1) is 14.3. The van der Waals surface area contributed by atoms with Gasteiger partial charge in [-0.2, -0.15) is 5.10 Å². The standard InChI is InChI=1S/C23H23N5O/c29-23-27(16-19-8-4-7-17-9-6-14-25-21(17)19)26-22(18-10-5-13-24-15-18)28(23)20-11-2-1-3-12-20/h1-4,6-9,11-12,14,18,24H,5,10,13,15-16H2/t18-/m1/s1. The van der Waals surface area contributed by atoms with Crippen LogP contribution in [0, 0.1) is 0 Å². The van der Waals surface area contributed by atoms with E-state index in [1.807, 2.05) is 60.7 Å². The molecule has 2 aromatic carbocycles. The molecule has 0 unspecified atom stereocenters. The van der Waals surface area contributed by atoms with E-state index < -0.39 is 0 Å². The number of fused-ring (bicyclic) bond motifs is 1. The van der Waals surface area contributed by atoms with E-state index in [1.165, 1.54) is 0 Å². The molecular formula is C23H23N5O. The lowest BCUT2D eigenvalue weighted by molar-refractivity contribution is 0.439. The summed E-state index contributed by atoms with van der Waals surface area (Å²) in [4.78, 5) is 17.9. The fourth-order valence-corrected chi connectivity index (χ4v) is 4.14. The summed E-state index contributed by atoms with van der Waals surface area (Å²) in [7, 11) is 0. The first-order valence-corrected chi connectivity index (χ1v) is 10.1. The zero-order chi connectivity index (χ0) is 19.6. The van der Waals surface area contributed by atoms with Crippen LogP contribution in [0.4, 0.5) is 0 Å². The summed E-state index contributed by atoms with van der Waals surface area (Å²) in [5.41, 5.74) is 2.67. The lowest BCUT2D eigenvalue weighted by Crippen LogP contribution is -2.31. The Labute approximate surface area is 168 Å². The summed E-state index contributed by atoms with van der Waals surface area (Å²) >= 11 is 0. The van der Waals surface area contributed by atoms with Crippen molar-refractivity contribution in [2.24, 2.45) is 0 Å². The minimum absolute atomic E-state index is 0.107. The Morgan fingerprint density at radius 1 is 1.03 bits per heavy atom. The number of aromatic nitrogens is 4. The van der Waals surface area contributed by atoms with Gasteiger partial charge in [0, 0.05) is 29.6 Å². The molecule has 3 heterocycles. The molecule has 1 N–H and O–H groups in total. The summed E-state index contributed by atoms with van der Waals surface area (Å²) in [6, 6.07) is 19.8. The maximum atomic E-state index is 13.4. The van der Waals surface area contributed by atoms with E-state index in [-0.39, 0.29) is 11.6 Å². The zero-order valence-electron chi connectivity index (χ0n) is 16.2. The second-order valence-corrected chi connectivity index (χ2v) is 7.50. The van der Waals surface area contributed by atoms with Gasteiger partial charge in [0.15, 0.2) is 0 Å². The number of nitrogens with one attached hydrogen (secondary N) is 1. The van der Waals surface area contributed by atoms with Gasteiger partial charge in [-0.3, -0.25) is 4.98 Å². The summed E-state index contributed by atoms with van der Waals surface area (Å²) in [5.74, 6) is 1.06. The van der Waals surface area contributed by atoms with Crippen LogP contribution >= 0.6 is 0 Å². The van der Waals surface area contributed by atoms with Gasteiger partial charge >= 0.3 is 5.69 Å². The zero-order valence-corrected chi connectivity index (χ0v) is 16.2. The van der Waals surface area contributed by atoms with Crippen molar-refractivity contribution in [3.8, 4) is 5.69 Å². The smallest absolute Gasteiger partial charge is 0.316 e. The summed E-state index contributed by atoms with van der Waals surface area (Å²) in [6.07, 6.45) is 3.91. The number of pyridine rings is 1. The van der Waals surface area contributed by atoms with Crippen LogP contribution in [-0.4, -0.2) is 32.4 Å². The molecule has 1 aliphatic rings. The molecule has 0 bridgehead atoms. The quantitative estimate of drug-likeness (QED) is 0.586. The fraction of sp³-hybridized carbons (Fsp3) is 0.261. The molecule has 0 aliphatic carbocycles. The second-order valence-electron chi connectivity index (χ2n) is 7.50. The van der Waals surface area contributed by atoms with E-state index in [2.05, 4.69) is 10.3 Å². The predicted octanol–water partition coefficient (Wildman–Crippen LogP) is 3.10. The monoisotopic (exact) mass is 385 g/mol. The van der Waals surface area contributed by atoms with Gasteiger partial charge in [-0.25, -0.2) is 14.0 Å². The average Bonchev–Trinajstić information content (AvgIpc) is 3.11. The molecule has 1 atom stereocenters. The third-order valence-corrected chi connectivity index (χ3v) is 5.58. The number of nitrogens with zero attached hydrogens (tertiary/aromatic N) is 4.